The molecule has 2 aliphatic carbocycles. The highest BCUT2D eigenvalue weighted by Crippen LogP contribution is 2.63. The van der Waals surface area contributed by atoms with Crippen molar-refractivity contribution in [1.29, 1.82) is 0 Å². The number of nitrogens with zero attached hydrogens (tertiary/aromatic N) is 3. The molecule has 77 heavy (non-hydrogen) atoms. The lowest BCUT2D eigenvalue weighted by molar-refractivity contribution is 0.330. The lowest BCUT2D eigenvalue weighted by Gasteiger charge is -2.46. The van der Waals surface area contributed by atoms with Crippen LogP contribution in [0.3, 0.4) is 0 Å². The largest absolute Gasteiger partial charge is 0.334 e. The predicted octanol–water partition coefficient (Wildman–Crippen LogP) is 17.8. The number of hydrogen-bond acceptors (Lipinski definition) is 3. The predicted molar refractivity (Wildman–Crippen MR) is 332 cm³/mol. The average molecular weight is 1010 g/mol. The molecule has 4 heteroatoms. The van der Waals surface area contributed by atoms with E-state index in [1.54, 1.807) is 0 Å². The number of rotatable bonds is 5. The maximum Gasteiger partial charge on any atom is 0.252 e. The Morgan fingerprint density at radius 2 is 0.922 bits per heavy atom. The lowest BCUT2D eigenvalue weighted by atomic mass is 9.33. The highest BCUT2D eigenvalue weighted by atomic mass is 15.3. The summed E-state index contributed by atoms with van der Waals surface area (Å²) in [4.78, 5) is 8.17. The summed E-state index contributed by atoms with van der Waals surface area (Å²) in [6.45, 7) is 33.5. The van der Waals surface area contributed by atoms with Gasteiger partial charge in [0.25, 0.3) is 6.71 Å². The minimum Gasteiger partial charge on any atom is -0.334 e. The Morgan fingerprint density at radius 1 is 0.442 bits per heavy atom. The summed E-state index contributed by atoms with van der Waals surface area (Å²) >= 11 is 0. The van der Waals surface area contributed by atoms with Gasteiger partial charge in [-0.3, -0.25) is 0 Å². The third-order valence-corrected chi connectivity index (χ3v) is 19.2. The molecule has 2 unspecified atom stereocenters. The first kappa shape index (κ1) is 49.8. The third-order valence-electron chi connectivity index (χ3n) is 19.2. The zero-order chi connectivity index (χ0) is 53.9. The second-order valence-corrected chi connectivity index (χ2v) is 28.2. The van der Waals surface area contributed by atoms with E-state index in [-0.39, 0.29) is 39.3 Å². The molecule has 13 rings (SSSR count). The van der Waals surface area contributed by atoms with E-state index < -0.39 is 0 Å². The molecule has 8 aromatic carbocycles. The van der Waals surface area contributed by atoms with Gasteiger partial charge in [0, 0.05) is 50.7 Å². The Labute approximate surface area is 461 Å². The van der Waals surface area contributed by atoms with Gasteiger partial charge in [-0.1, -0.05) is 181 Å². The third kappa shape index (κ3) is 7.65. The van der Waals surface area contributed by atoms with E-state index in [2.05, 4.69) is 269 Å². The van der Waals surface area contributed by atoms with E-state index >= 15 is 0 Å². The minimum absolute atomic E-state index is 0.0203. The fraction of sp³-hybridized carbons (Fsp3) is 0.342. The van der Waals surface area contributed by atoms with Crippen molar-refractivity contribution in [2.24, 2.45) is 5.41 Å². The molecule has 8 aromatic rings. The van der Waals surface area contributed by atoms with Crippen molar-refractivity contribution in [1.82, 2.24) is 0 Å². The maximum absolute atomic E-state index is 2.80. The topological polar surface area (TPSA) is 9.72 Å². The van der Waals surface area contributed by atoms with Crippen LogP contribution in [0.15, 0.2) is 158 Å². The summed E-state index contributed by atoms with van der Waals surface area (Å²) in [7, 11) is 0. The summed E-state index contributed by atoms with van der Waals surface area (Å²) in [5, 5.41) is 0. The van der Waals surface area contributed by atoms with Crippen LogP contribution in [0.2, 0.25) is 0 Å². The fourth-order valence-electron chi connectivity index (χ4n) is 14.9. The van der Waals surface area contributed by atoms with Gasteiger partial charge < -0.3 is 14.7 Å². The van der Waals surface area contributed by atoms with Crippen LogP contribution >= 0.6 is 0 Å². The van der Waals surface area contributed by atoms with E-state index in [1.807, 2.05) is 0 Å². The van der Waals surface area contributed by atoms with E-state index in [0.29, 0.717) is 0 Å². The Balaban J connectivity index is 1.13. The molecule has 5 aliphatic rings. The average Bonchev–Trinajstić information content (AvgIpc) is 4.09. The molecule has 3 nitrogen and oxygen atoms in total. The highest BCUT2D eigenvalue weighted by Gasteiger charge is 2.60. The molecule has 0 saturated heterocycles. The second kappa shape index (κ2) is 16.9. The molecule has 0 N–H and O–H groups in total. The lowest BCUT2D eigenvalue weighted by Crippen LogP contribution is -2.61. The van der Waals surface area contributed by atoms with Gasteiger partial charge in [0.2, 0.25) is 0 Å². The van der Waals surface area contributed by atoms with Gasteiger partial charge >= 0.3 is 0 Å². The normalized spacial score (nSPS) is 19.9. The Morgan fingerprint density at radius 3 is 1.47 bits per heavy atom. The molecule has 3 aliphatic heterocycles. The number of benzene rings is 8. The first-order chi connectivity index (χ1) is 36.4. The van der Waals surface area contributed by atoms with E-state index in [4.69, 9.17) is 0 Å². The van der Waals surface area contributed by atoms with Crippen LogP contribution in [-0.4, -0.2) is 12.3 Å². The number of fused-ring (bicyclic) bond motifs is 8. The van der Waals surface area contributed by atoms with E-state index in [0.717, 1.165) is 19.3 Å². The van der Waals surface area contributed by atoms with Crippen LogP contribution in [-0.2, 0) is 34.5 Å². The van der Waals surface area contributed by atoms with Gasteiger partial charge in [-0.05, 0) is 194 Å². The molecule has 2 atom stereocenters. The summed E-state index contributed by atoms with van der Waals surface area (Å²) in [6, 6.07) is 62.4. The summed E-state index contributed by atoms with van der Waals surface area (Å²) in [5.41, 5.74) is 29.2. The second-order valence-electron chi connectivity index (χ2n) is 28.2. The number of hydrogen-bond donors (Lipinski definition) is 0. The van der Waals surface area contributed by atoms with Crippen LogP contribution in [0.4, 0.5) is 45.5 Å². The molecule has 3 heterocycles. The number of anilines is 8. The number of aryl methyl sites for hydroxylation is 1. The minimum atomic E-state index is -0.0847. The van der Waals surface area contributed by atoms with Crippen LogP contribution in [0.5, 0.6) is 0 Å². The quantitative estimate of drug-likeness (QED) is 0.159. The SMILES string of the molecule is Cc1cc2c3c(c1)N(c1ccc(C(C)(C)C)cc1-c1ccccc1)c1cc4c(cc1B3c1cc(N3c5ccc(C(C)(C)C)cc5C5(C)CCCC35C)ccc1N2c1ccc(C(C)(C)C)cc1-c1ccccc1)CC(C)(C)C4. The molecule has 0 aromatic heterocycles. The van der Waals surface area contributed by atoms with Crippen molar-refractivity contribution in [2.75, 3.05) is 14.7 Å². The van der Waals surface area contributed by atoms with Gasteiger partial charge in [-0.25, -0.2) is 0 Å². The van der Waals surface area contributed by atoms with Gasteiger partial charge in [-0.2, -0.15) is 0 Å². The van der Waals surface area contributed by atoms with Gasteiger partial charge in [0.05, 0.1) is 16.9 Å². The van der Waals surface area contributed by atoms with Gasteiger partial charge in [0.1, 0.15) is 0 Å². The molecular weight excluding hydrogens is 930 g/mol. The van der Waals surface area contributed by atoms with Gasteiger partial charge in [-0.15, -0.1) is 0 Å². The van der Waals surface area contributed by atoms with Gasteiger partial charge in [0.15, 0.2) is 0 Å². The van der Waals surface area contributed by atoms with Crippen molar-refractivity contribution >= 4 is 68.6 Å². The Kier molecular flexibility index (Phi) is 10.9. The summed E-state index contributed by atoms with van der Waals surface area (Å²) in [6.07, 6.45) is 5.71. The zero-order valence-electron chi connectivity index (χ0n) is 48.5. The molecule has 388 valence electrons. The Bertz CT molecular complexity index is 3710. The molecule has 0 spiro atoms. The molecular formula is C73H78BN3. The first-order valence-electron chi connectivity index (χ1n) is 28.8. The molecule has 0 amide bonds. The molecule has 1 saturated carbocycles. The molecule has 1 fully saturated rings. The van der Waals surface area contributed by atoms with Crippen molar-refractivity contribution in [3.05, 3.63) is 197 Å². The van der Waals surface area contributed by atoms with Crippen LogP contribution in [0.1, 0.15) is 148 Å². The maximum atomic E-state index is 2.80. The van der Waals surface area contributed by atoms with Crippen LogP contribution in [0, 0.1) is 12.3 Å². The van der Waals surface area contributed by atoms with Crippen LogP contribution in [0.25, 0.3) is 22.3 Å². The smallest absolute Gasteiger partial charge is 0.252 e. The summed E-state index contributed by atoms with van der Waals surface area (Å²) < 4.78 is 0. The van der Waals surface area contributed by atoms with E-state index in [9.17, 15) is 0 Å². The standard InChI is InChI=1S/C73H78BN3/c1-46-36-65-67-66(37-46)76(61-31-27-52(69(5,6)7)41-56(61)48-24-19-16-20-25-48)64-39-50-45-71(11,12)44-49(50)38-58(64)74(67)59-43-54(77-62-32-28-53(70(8,9)10)42-57(62)72(13)34-21-35-73(72,77)14)29-33-63(59)75(65)60-30-26-51(68(2,3)4)40-55(60)47-22-17-15-18-23-47/h15-20,22-33,36-43H,21,34-35,44-45H2,1-14H3. The fourth-order valence-corrected chi connectivity index (χ4v) is 14.9. The van der Waals surface area contributed by atoms with Crippen molar-refractivity contribution in [3.8, 4) is 22.3 Å². The first-order valence-corrected chi connectivity index (χ1v) is 28.8. The summed E-state index contributed by atoms with van der Waals surface area (Å²) in [5.74, 6) is 0. The Hall–Kier alpha value is -6.78. The zero-order valence-corrected chi connectivity index (χ0v) is 48.5. The van der Waals surface area contributed by atoms with Crippen molar-refractivity contribution < 1.29 is 0 Å². The van der Waals surface area contributed by atoms with Crippen molar-refractivity contribution in [3.63, 3.8) is 0 Å². The monoisotopic (exact) mass is 1010 g/mol. The molecule has 0 bridgehead atoms. The highest BCUT2D eigenvalue weighted by molar-refractivity contribution is 7.00. The molecule has 0 radical (unpaired) electrons. The van der Waals surface area contributed by atoms with Crippen LogP contribution < -0.4 is 31.1 Å². The van der Waals surface area contributed by atoms with E-state index in [1.165, 1.54) is 136 Å². The van der Waals surface area contributed by atoms with Crippen molar-refractivity contribution in [2.45, 2.75) is 156 Å².